The first-order valence-corrected chi connectivity index (χ1v) is 21.4. The second-order valence-electron chi connectivity index (χ2n) is 15.9. The molecule has 6 aromatic carbocycles. The highest BCUT2D eigenvalue weighted by Gasteiger charge is 2.16. The Morgan fingerprint density at radius 2 is 0.661 bits per heavy atom. The van der Waals surface area contributed by atoms with E-state index in [9.17, 15) is 0 Å². The molecule has 0 saturated heterocycles. The number of rotatable bonds is 18. The maximum absolute atomic E-state index is 6.62. The molecule has 0 aliphatic heterocycles. The Hall–Kier alpha value is -5.34. The summed E-state index contributed by atoms with van der Waals surface area (Å²) < 4.78 is 13.2. The molecule has 0 amide bonds. The van der Waals surface area contributed by atoms with Crippen molar-refractivity contribution < 1.29 is 8.83 Å². The Balaban J connectivity index is 0.962. The second kappa shape index (κ2) is 18.1. The molecule has 0 N–H and O–H groups in total. The average Bonchev–Trinajstić information content (AvgIpc) is 3.80. The third-order valence-electron chi connectivity index (χ3n) is 11.7. The van der Waals surface area contributed by atoms with E-state index in [0.29, 0.717) is 0 Å². The minimum Gasteiger partial charge on any atom is -0.455 e. The summed E-state index contributed by atoms with van der Waals surface area (Å²) in [6, 6.07) is 39.9. The van der Waals surface area contributed by atoms with Gasteiger partial charge in [0.1, 0.15) is 22.3 Å². The van der Waals surface area contributed by atoms with Crippen LogP contribution in [-0.4, -0.2) is 0 Å². The van der Waals surface area contributed by atoms with Gasteiger partial charge >= 0.3 is 0 Å². The van der Waals surface area contributed by atoms with E-state index in [0.717, 1.165) is 65.8 Å². The Morgan fingerprint density at radius 3 is 1.07 bits per heavy atom. The lowest BCUT2D eigenvalue weighted by Crippen LogP contribution is -1.86. The van der Waals surface area contributed by atoms with Crippen LogP contribution in [0.4, 0.5) is 0 Å². The van der Waals surface area contributed by atoms with Gasteiger partial charge in [-0.25, -0.2) is 0 Å². The normalized spacial score (nSPS) is 12.2. The number of fused-ring (bicyclic) bond motifs is 9. The van der Waals surface area contributed by atoms with E-state index in [1.54, 1.807) is 0 Å². The highest BCUT2D eigenvalue weighted by atomic mass is 16.3. The minimum absolute atomic E-state index is 0.900. The van der Waals surface area contributed by atoms with Crippen molar-refractivity contribution in [3.63, 3.8) is 0 Å². The zero-order valence-corrected chi connectivity index (χ0v) is 33.4. The highest BCUT2D eigenvalue weighted by Crippen LogP contribution is 2.40. The van der Waals surface area contributed by atoms with Crippen LogP contribution >= 0.6 is 0 Å². The third kappa shape index (κ3) is 8.71. The molecular weight excluding hydrogens is 681 g/mol. The van der Waals surface area contributed by atoms with Crippen molar-refractivity contribution in [1.29, 1.82) is 0 Å². The summed E-state index contributed by atoms with van der Waals surface area (Å²) >= 11 is 0. The van der Waals surface area contributed by atoms with Crippen LogP contribution in [0.3, 0.4) is 0 Å². The van der Waals surface area contributed by atoms with E-state index < -0.39 is 0 Å². The number of hydrogen-bond donors (Lipinski definition) is 0. The number of benzene rings is 6. The Morgan fingerprint density at radius 1 is 0.339 bits per heavy atom. The molecule has 0 spiro atoms. The molecule has 56 heavy (non-hydrogen) atoms. The second-order valence-corrected chi connectivity index (χ2v) is 15.9. The van der Waals surface area contributed by atoms with Crippen molar-refractivity contribution in [2.24, 2.45) is 0 Å². The van der Waals surface area contributed by atoms with Crippen LogP contribution in [0.1, 0.15) is 124 Å². The van der Waals surface area contributed by atoms with E-state index in [1.165, 1.54) is 112 Å². The van der Waals surface area contributed by atoms with E-state index in [4.69, 9.17) is 8.83 Å². The van der Waals surface area contributed by atoms with Gasteiger partial charge in [-0.1, -0.05) is 163 Å². The van der Waals surface area contributed by atoms with E-state index >= 15 is 0 Å². The summed E-state index contributed by atoms with van der Waals surface area (Å²) in [5.74, 6) is 0. The summed E-state index contributed by atoms with van der Waals surface area (Å²) in [7, 11) is 0. The molecule has 0 aliphatic rings. The molecule has 284 valence electrons. The molecule has 0 fully saturated rings. The molecule has 0 unspecified atom stereocenters. The van der Waals surface area contributed by atoms with Crippen LogP contribution in [0.25, 0.3) is 79.0 Å². The Kier molecular flexibility index (Phi) is 12.1. The topological polar surface area (TPSA) is 26.3 Å². The Labute approximate surface area is 332 Å². The van der Waals surface area contributed by atoms with Crippen molar-refractivity contribution in [3.05, 3.63) is 143 Å². The van der Waals surface area contributed by atoms with Crippen molar-refractivity contribution in [2.75, 3.05) is 0 Å². The van der Waals surface area contributed by atoms with Gasteiger partial charge in [0, 0.05) is 32.3 Å². The molecule has 8 aromatic rings. The van der Waals surface area contributed by atoms with Gasteiger partial charge in [-0.15, -0.1) is 0 Å². The van der Waals surface area contributed by atoms with Crippen LogP contribution in [-0.2, 0) is 12.8 Å². The highest BCUT2D eigenvalue weighted by molar-refractivity contribution is 6.22. The largest absolute Gasteiger partial charge is 0.455 e. The molecule has 0 atom stereocenters. The average molecular weight is 737 g/mol. The first-order valence-electron chi connectivity index (χ1n) is 21.4. The van der Waals surface area contributed by atoms with Crippen LogP contribution in [0.2, 0.25) is 0 Å². The van der Waals surface area contributed by atoms with Gasteiger partial charge in [-0.05, 0) is 108 Å². The number of furan rings is 2. The number of aryl methyl sites for hydroxylation is 2. The smallest absolute Gasteiger partial charge is 0.143 e. The standard InChI is InChI=1S/C54H56O2/c1-3-5-7-9-11-13-15-39-17-21-41(22-18-39)25-27-43-29-31-45-47-33-35-50-49(53(47)55-51(45)37-43)36-34-48-46-32-30-44(38-52(46)56-54(48)50)28-26-42-23-19-40(20-24-42)16-14-12-10-8-6-4-2/h17-38H,3-16H2,1-2H3/b27-25+,28-26+. The van der Waals surface area contributed by atoms with E-state index in [1.807, 2.05) is 0 Å². The summed E-state index contributed by atoms with van der Waals surface area (Å²) in [5.41, 5.74) is 11.2. The Bertz CT molecular complexity index is 2410. The SMILES string of the molecule is CCCCCCCCc1ccc(/C=C/c2ccc3c(c2)oc2c3ccc3c2ccc2c4ccc(/C=C/c5ccc(CCCCCCCC)cc5)cc4oc23)cc1. The van der Waals surface area contributed by atoms with Gasteiger partial charge in [0.2, 0.25) is 0 Å². The zero-order chi connectivity index (χ0) is 38.1. The lowest BCUT2D eigenvalue weighted by Gasteiger charge is -2.03. The lowest BCUT2D eigenvalue weighted by atomic mass is 10.0. The zero-order valence-electron chi connectivity index (χ0n) is 33.4. The monoisotopic (exact) mass is 736 g/mol. The van der Waals surface area contributed by atoms with Crippen LogP contribution < -0.4 is 0 Å². The summed E-state index contributed by atoms with van der Waals surface area (Å²) in [6.45, 7) is 4.55. The van der Waals surface area contributed by atoms with Crippen LogP contribution in [0, 0.1) is 0 Å². The van der Waals surface area contributed by atoms with Crippen molar-refractivity contribution in [2.45, 2.75) is 104 Å². The van der Waals surface area contributed by atoms with Gasteiger partial charge in [0.25, 0.3) is 0 Å². The lowest BCUT2D eigenvalue weighted by molar-refractivity contribution is 0.607. The summed E-state index contributed by atoms with van der Waals surface area (Å²) in [6.07, 6.45) is 27.1. The maximum Gasteiger partial charge on any atom is 0.143 e. The van der Waals surface area contributed by atoms with E-state index in [2.05, 4.69) is 147 Å². The van der Waals surface area contributed by atoms with Crippen molar-refractivity contribution >= 4 is 79.0 Å². The number of hydrogen-bond acceptors (Lipinski definition) is 2. The van der Waals surface area contributed by atoms with Crippen LogP contribution in [0.5, 0.6) is 0 Å². The van der Waals surface area contributed by atoms with Crippen molar-refractivity contribution in [3.8, 4) is 0 Å². The molecule has 2 heteroatoms. The molecule has 0 radical (unpaired) electrons. The predicted molar refractivity (Wildman–Crippen MR) is 243 cm³/mol. The molecular formula is C54H56O2. The molecule has 0 bridgehead atoms. The number of unbranched alkanes of at least 4 members (excludes halogenated alkanes) is 10. The van der Waals surface area contributed by atoms with Crippen molar-refractivity contribution in [1.82, 2.24) is 0 Å². The summed E-state index contributed by atoms with van der Waals surface area (Å²) in [5, 5.41) is 6.66. The van der Waals surface area contributed by atoms with Gasteiger partial charge in [0.05, 0.1) is 0 Å². The van der Waals surface area contributed by atoms with Gasteiger partial charge < -0.3 is 8.83 Å². The first-order chi connectivity index (χ1) is 27.7. The van der Waals surface area contributed by atoms with E-state index in [-0.39, 0.29) is 0 Å². The van der Waals surface area contributed by atoms with Gasteiger partial charge in [-0.3, -0.25) is 0 Å². The summed E-state index contributed by atoms with van der Waals surface area (Å²) in [4.78, 5) is 0. The third-order valence-corrected chi connectivity index (χ3v) is 11.7. The fraction of sp³-hybridized carbons (Fsp3) is 0.296. The maximum atomic E-state index is 6.62. The molecule has 2 heterocycles. The minimum atomic E-state index is 0.900. The van der Waals surface area contributed by atoms with Gasteiger partial charge in [-0.2, -0.15) is 0 Å². The fourth-order valence-electron chi connectivity index (χ4n) is 8.31. The molecule has 0 aliphatic carbocycles. The van der Waals surface area contributed by atoms with Gasteiger partial charge in [0.15, 0.2) is 0 Å². The fourth-order valence-corrected chi connectivity index (χ4v) is 8.31. The molecule has 8 rings (SSSR count). The quantitative estimate of drug-likeness (QED) is 0.0648. The molecule has 0 saturated carbocycles. The molecule has 2 aromatic heterocycles. The predicted octanol–water partition coefficient (Wildman–Crippen LogP) is 16.8. The molecule has 2 nitrogen and oxygen atoms in total. The first kappa shape index (κ1) is 37.6. The van der Waals surface area contributed by atoms with Crippen LogP contribution in [0.15, 0.2) is 118 Å².